The Kier molecular flexibility index (Phi) is 4.13. The second-order valence-electron chi connectivity index (χ2n) is 4.65. The van der Waals surface area contributed by atoms with Crippen LogP contribution in [0.2, 0.25) is 0 Å². The molecule has 3 N–H and O–H groups in total. The first-order valence-electron chi connectivity index (χ1n) is 6.23. The van der Waals surface area contributed by atoms with Crippen molar-refractivity contribution in [3.63, 3.8) is 0 Å². The lowest BCUT2D eigenvalue weighted by atomic mass is 9.87. The summed E-state index contributed by atoms with van der Waals surface area (Å²) in [7, 11) is 0. The smallest absolute Gasteiger partial charge is 0.0833 e. The molecule has 2 aromatic rings. The minimum absolute atomic E-state index is 0.0326. The lowest BCUT2D eigenvalue weighted by Gasteiger charge is -2.25. The van der Waals surface area contributed by atoms with Crippen LogP contribution in [0.3, 0.4) is 0 Å². The molecule has 2 aromatic carbocycles. The van der Waals surface area contributed by atoms with Crippen LogP contribution in [-0.4, -0.2) is 5.11 Å². The zero-order valence-electron chi connectivity index (χ0n) is 10.5. The topological polar surface area (TPSA) is 46.2 Å². The summed E-state index contributed by atoms with van der Waals surface area (Å²) in [6.07, 6.45) is -0.540. The molecule has 0 heterocycles. The summed E-state index contributed by atoms with van der Waals surface area (Å²) in [5.41, 5.74) is 8.19. The van der Waals surface area contributed by atoms with Crippen LogP contribution in [0.25, 0.3) is 0 Å². The number of hydrogen-bond acceptors (Lipinski definition) is 2. The number of nitrogens with two attached hydrogens (primary N) is 1. The molecule has 0 aliphatic heterocycles. The molecule has 0 amide bonds. The second-order valence-corrected chi connectivity index (χ2v) is 4.65. The van der Waals surface area contributed by atoms with Crippen molar-refractivity contribution in [2.45, 2.75) is 19.1 Å². The molecular weight excluding hydrogens is 222 g/mol. The number of hydrogen-bond donors (Lipinski definition) is 2. The summed E-state index contributed by atoms with van der Waals surface area (Å²) in [5.74, 6) is -0.0326. The van der Waals surface area contributed by atoms with Crippen molar-refractivity contribution in [3.8, 4) is 0 Å². The van der Waals surface area contributed by atoms with Crippen molar-refractivity contribution in [2.75, 3.05) is 0 Å². The Balaban J connectivity index is 2.14. The van der Waals surface area contributed by atoms with Gasteiger partial charge in [0.1, 0.15) is 0 Å². The van der Waals surface area contributed by atoms with Crippen molar-refractivity contribution in [1.29, 1.82) is 0 Å². The molecule has 94 valence electrons. The van der Waals surface area contributed by atoms with Gasteiger partial charge in [-0.3, -0.25) is 0 Å². The predicted octanol–water partition coefficient (Wildman–Crippen LogP) is 3.06. The lowest BCUT2D eigenvalue weighted by Crippen LogP contribution is -2.24. The Morgan fingerprint density at radius 3 is 1.78 bits per heavy atom. The molecule has 0 saturated carbocycles. The van der Waals surface area contributed by atoms with Crippen LogP contribution in [0.4, 0.5) is 0 Å². The Bertz CT molecular complexity index is 423. The van der Waals surface area contributed by atoms with Crippen molar-refractivity contribution in [3.05, 3.63) is 71.8 Å². The zero-order valence-corrected chi connectivity index (χ0v) is 10.5. The lowest BCUT2D eigenvalue weighted by molar-refractivity contribution is 0.103. The highest BCUT2D eigenvalue weighted by atomic mass is 16.3. The fourth-order valence-electron chi connectivity index (χ4n) is 2.13. The van der Waals surface area contributed by atoms with Gasteiger partial charge in [0.15, 0.2) is 0 Å². The molecule has 0 aliphatic carbocycles. The molecular formula is C16H19NO. The van der Waals surface area contributed by atoms with Crippen LogP contribution in [0.5, 0.6) is 0 Å². The first-order chi connectivity index (χ1) is 8.70. The molecule has 18 heavy (non-hydrogen) atoms. The van der Waals surface area contributed by atoms with Crippen LogP contribution in [0.1, 0.15) is 30.2 Å². The maximum atomic E-state index is 10.3. The van der Waals surface area contributed by atoms with Gasteiger partial charge in [0.2, 0.25) is 0 Å². The summed E-state index contributed by atoms with van der Waals surface area (Å²) in [6, 6.07) is 19.4. The van der Waals surface area contributed by atoms with E-state index in [0.717, 1.165) is 11.1 Å². The molecule has 0 unspecified atom stereocenters. The van der Waals surface area contributed by atoms with Gasteiger partial charge in [0, 0.05) is 12.0 Å². The highest BCUT2D eigenvalue weighted by Gasteiger charge is 2.23. The van der Waals surface area contributed by atoms with Crippen molar-refractivity contribution >= 4 is 0 Å². The number of aliphatic hydroxyl groups is 1. The van der Waals surface area contributed by atoms with E-state index in [1.165, 1.54) is 0 Å². The van der Waals surface area contributed by atoms with E-state index in [9.17, 15) is 5.11 Å². The fraction of sp³-hybridized carbons (Fsp3) is 0.250. The van der Waals surface area contributed by atoms with Crippen molar-refractivity contribution < 1.29 is 5.11 Å². The molecule has 3 atom stereocenters. The van der Waals surface area contributed by atoms with Crippen LogP contribution in [0.15, 0.2) is 60.7 Å². The predicted molar refractivity (Wildman–Crippen MR) is 73.9 cm³/mol. The standard InChI is InChI=1S/C16H19NO/c1-12(15(17)13-8-4-2-5-9-13)16(18)14-10-6-3-7-11-14/h2-12,15-16,18H,17H2,1H3/t12-,15+,16-/m0/s1. The third-order valence-electron chi connectivity index (χ3n) is 3.39. The normalized spacial score (nSPS) is 15.9. The average Bonchev–Trinajstić information content (AvgIpc) is 2.47. The molecule has 0 aromatic heterocycles. The van der Waals surface area contributed by atoms with Crippen molar-refractivity contribution in [2.24, 2.45) is 11.7 Å². The Morgan fingerprint density at radius 2 is 1.28 bits per heavy atom. The van der Waals surface area contributed by atoms with Gasteiger partial charge in [-0.15, -0.1) is 0 Å². The van der Waals surface area contributed by atoms with Crippen LogP contribution in [0, 0.1) is 5.92 Å². The van der Waals surface area contributed by atoms with Gasteiger partial charge < -0.3 is 10.8 Å². The van der Waals surface area contributed by atoms with E-state index in [-0.39, 0.29) is 12.0 Å². The van der Waals surface area contributed by atoms with E-state index in [1.807, 2.05) is 67.6 Å². The summed E-state index contributed by atoms with van der Waals surface area (Å²) < 4.78 is 0. The second kappa shape index (κ2) is 5.80. The molecule has 0 spiro atoms. The number of rotatable bonds is 4. The van der Waals surface area contributed by atoms with Crippen LogP contribution in [-0.2, 0) is 0 Å². The zero-order chi connectivity index (χ0) is 13.0. The van der Waals surface area contributed by atoms with Gasteiger partial charge in [0.25, 0.3) is 0 Å². The van der Waals surface area contributed by atoms with Crippen molar-refractivity contribution in [1.82, 2.24) is 0 Å². The Hall–Kier alpha value is -1.64. The van der Waals surface area contributed by atoms with E-state index in [2.05, 4.69) is 0 Å². The first-order valence-corrected chi connectivity index (χ1v) is 6.23. The number of benzene rings is 2. The maximum absolute atomic E-state index is 10.3. The van der Waals surface area contributed by atoms with E-state index < -0.39 is 6.10 Å². The highest BCUT2D eigenvalue weighted by Crippen LogP contribution is 2.30. The van der Waals surface area contributed by atoms with Gasteiger partial charge in [-0.25, -0.2) is 0 Å². The van der Waals surface area contributed by atoms with Gasteiger partial charge in [-0.1, -0.05) is 67.6 Å². The Morgan fingerprint density at radius 1 is 0.833 bits per heavy atom. The largest absolute Gasteiger partial charge is 0.388 e. The van der Waals surface area contributed by atoms with Gasteiger partial charge in [-0.05, 0) is 11.1 Å². The first kappa shape index (κ1) is 12.8. The summed E-state index contributed by atoms with van der Waals surface area (Å²) in [6.45, 7) is 1.98. The van der Waals surface area contributed by atoms with Crippen LogP contribution >= 0.6 is 0 Å². The SMILES string of the molecule is C[C@H]([C@H](O)c1ccccc1)[C@@H](N)c1ccccc1. The minimum Gasteiger partial charge on any atom is -0.388 e. The molecule has 0 saturated heterocycles. The number of aliphatic hydroxyl groups excluding tert-OH is 1. The molecule has 2 nitrogen and oxygen atoms in total. The maximum Gasteiger partial charge on any atom is 0.0833 e. The third-order valence-corrected chi connectivity index (χ3v) is 3.39. The molecule has 0 radical (unpaired) electrons. The average molecular weight is 241 g/mol. The van der Waals surface area contributed by atoms with Gasteiger partial charge >= 0.3 is 0 Å². The summed E-state index contributed by atoms with van der Waals surface area (Å²) in [5, 5.41) is 10.3. The third kappa shape index (κ3) is 2.78. The van der Waals surface area contributed by atoms with E-state index in [0.29, 0.717) is 0 Å². The molecule has 0 fully saturated rings. The molecule has 0 aliphatic rings. The summed E-state index contributed by atoms with van der Waals surface area (Å²) in [4.78, 5) is 0. The molecule has 2 rings (SSSR count). The quantitative estimate of drug-likeness (QED) is 0.864. The summed E-state index contributed by atoms with van der Waals surface area (Å²) >= 11 is 0. The fourth-order valence-corrected chi connectivity index (χ4v) is 2.13. The van der Waals surface area contributed by atoms with Gasteiger partial charge in [-0.2, -0.15) is 0 Å². The Labute approximate surface area is 108 Å². The van der Waals surface area contributed by atoms with Gasteiger partial charge in [0.05, 0.1) is 6.10 Å². The molecule has 0 bridgehead atoms. The highest BCUT2D eigenvalue weighted by molar-refractivity contribution is 5.22. The monoisotopic (exact) mass is 241 g/mol. The van der Waals surface area contributed by atoms with E-state index in [4.69, 9.17) is 5.73 Å². The minimum atomic E-state index is -0.540. The molecule has 2 heteroatoms. The van der Waals surface area contributed by atoms with E-state index in [1.54, 1.807) is 0 Å². The van der Waals surface area contributed by atoms with E-state index >= 15 is 0 Å². The van der Waals surface area contributed by atoms with Crippen LogP contribution < -0.4 is 5.73 Å².